The third-order valence-corrected chi connectivity index (χ3v) is 5.96. The molecule has 2 aromatic heterocycles. The van der Waals surface area contributed by atoms with Crippen molar-refractivity contribution >= 4 is 17.7 Å². The zero-order valence-electron chi connectivity index (χ0n) is 22.7. The molecular weight excluding hydrogens is 486 g/mol. The molecule has 1 aliphatic heterocycles. The number of nitrogens with one attached hydrogen (secondary N) is 2. The van der Waals surface area contributed by atoms with Crippen molar-refractivity contribution in [1.82, 2.24) is 19.0 Å². The molecule has 1 fully saturated rings. The van der Waals surface area contributed by atoms with E-state index in [1.54, 1.807) is 36.3 Å². The maximum Gasteiger partial charge on any atom is 0.326 e. The molecule has 2 amide bonds. The number of rotatable bonds is 5. The summed E-state index contributed by atoms with van der Waals surface area (Å²) in [5, 5.41) is 2.66. The van der Waals surface area contributed by atoms with Gasteiger partial charge < -0.3 is 24.5 Å². The van der Waals surface area contributed by atoms with Crippen LogP contribution in [0.5, 0.6) is 0 Å². The number of hydrogen-bond acceptors (Lipinski definition) is 5. The molecule has 10 nitrogen and oxygen atoms in total. The van der Waals surface area contributed by atoms with Gasteiger partial charge >= 0.3 is 17.7 Å². The number of nitrogens with zero attached hydrogens (tertiary/aromatic N) is 3. The largest absolute Gasteiger partial charge is 0.459 e. The first-order valence-corrected chi connectivity index (χ1v) is 12.9. The highest BCUT2D eigenvalue weighted by Crippen LogP contribution is 2.24. The van der Waals surface area contributed by atoms with Gasteiger partial charge in [-0.1, -0.05) is 44.2 Å². The normalized spacial score (nSPS) is 13.9. The third-order valence-electron chi connectivity index (χ3n) is 5.96. The molecule has 0 radical (unpaired) electrons. The Balaban J connectivity index is 0.00000195. The summed E-state index contributed by atoms with van der Waals surface area (Å²) in [4.78, 5) is 54.8. The number of imidazole rings is 1. The Labute approximate surface area is 222 Å². The summed E-state index contributed by atoms with van der Waals surface area (Å²) in [6, 6.07) is 12.3. The molecule has 1 saturated heterocycles. The van der Waals surface area contributed by atoms with E-state index >= 15 is 0 Å². The topological polar surface area (TPSA) is 118 Å². The zero-order chi connectivity index (χ0) is 27.9. The van der Waals surface area contributed by atoms with E-state index in [9.17, 15) is 19.2 Å². The summed E-state index contributed by atoms with van der Waals surface area (Å²) in [6.07, 6.45) is 4.52. The average Bonchev–Trinajstić information content (AvgIpc) is 3.28. The number of amides is 2. The van der Waals surface area contributed by atoms with Crippen LogP contribution in [0.3, 0.4) is 0 Å². The number of aromatic nitrogens is 3. The number of carbonyl (C=O) groups is 2. The van der Waals surface area contributed by atoms with Gasteiger partial charge in [-0.05, 0) is 51.3 Å². The van der Waals surface area contributed by atoms with Crippen LogP contribution in [0.1, 0.15) is 53.5 Å². The quantitative estimate of drug-likeness (QED) is 0.485. The second-order valence-corrected chi connectivity index (χ2v) is 9.84. The highest BCUT2D eigenvalue weighted by Gasteiger charge is 2.26. The minimum atomic E-state index is -0.659. The first kappa shape index (κ1) is 28.5. The fourth-order valence-corrected chi connectivity index (χ4v) is 4.26. The molecule has 0 aliphatic carbocycles. The van der Waals surface area contributed by atoms with Crippen LogP contribution < -0.4 is 16.6 Å². The molecule has 0 bridgehead atoms. The molecule has 38 heavy (non-hydrogen) atoms. The first-order valence-electron chi connectivity index (χ1n) is 12.9. The van der Waals surface area contributed by atoms with Crippen molar-refractivity contribution in [3.8, 4) is 11.3 Å². The van der Waals surface area contributed by atoms with Crippen LogP contribution in [-0.4, -0.2) is 49.7 Å². The summed E-state index contributed by atoms with van der Waals surface area (Å²) in [6.45, 7) is 9.88. The minimum Gasteiger partial charge on any atom is -0.459 e. The van der Waals surface area contributed by atoms with Crippen LogP contribution in [0.15, 0.2) is 64.4 Å². The van der Waals surface area contributed by atoms with Gasteiger partial charge in [-0.25, -0.2) is 9.59 Å². The summed E-state index contributed by atoms with van der Waals surface area (Å²) in [5.74, 6) is -0.537. The van der Waals surface area contributed by atoms with Gasteiger partial charge in [-0.3, -0.25) is 14.2 Å². The van der Waals surface area contributed by atoms with Crippen molar-refractivity contribution in [3.05, 3.63) is 75.7 Å². The number of H-pyrrole nitrogens is 1. The molecular formula is C28H37N5O5. The maximum atomic E-state index is 12.8. The Hall–Kier alpha value is -4.08. The molecule has 10 heteroatoms. The lowest BCUT2D eigenvalue weighted by atomic mass is 10.1. The monoisotopic (exact) mass is 523 g/mol. The van der Waals surface area contributed by atoms with Crippen molar-refractivity contribution < 1.29 is 14.3 Å². The summed E-state index contributed by atoms with van der Waals surface area (Å²) in [5.41, 5.74) is 0.457. The standard InChI is InChI=1S/C26H31N5O5.C2H6/c1-26(2,3)36-22(32)17-30-13-7-10-20(23(30)33)27-24(34)29-14-11-19(12-15-29)31-16-21(28-25(31)35)18-8-5-4-6-9-18;1-2/h4-10,13,16,19H,11-12,14-15,17H2,1-3H3,(H,27,34)(H,28,35);1-2H3. The Morgan fingerprint density at radius 2 is 1.68 bits per heavy atom. The first-order chi connectivity index (χ1) is 18.1. The van der Waals surface area contributed by atoms with Crippen LogP contribution in [-0.2, 0) is 16.1 Å². The van der Waals surface area contributed by atoms with Crippen molar-refractivity contribution in [2.24, 2.45) is 0 Å². The van der Waals surface area contributed by atoms with E-state index in [2.05, 4.69) is 10.3 Å². The maximum absolute atomic E-state index is 12.8. The molecule has 3 heterocycles. The number of anilines is 1. The molecule has 1 aliphatic rings. The summed E-state index contributed by atoms with van der Waals surface area (Å²) < 4.78 is 8.18. The lowest BCUT2D eigenvalue weighted by molar-refractivity contribution is -0.155. The number of likely N-dealkylation sites (tertiary alicyclic amines) is 1. The number of carbonyl (C=O) groups excluding carboxylic acids is 2. The van der Waals surface area contributed by atoms with Crippen molar-refractivity contribution in [3.63, 3.8) is 0 Å². The van der Waals surface area contributed by atoms with E-state index in [-0.39, 0.29) is 24.0 Å². The van der Waals surface area contributed by atoms with Gasteiger partial charge in [0, 0.05) is 31.5 Å². The van der Waals surface area contributed by atoms with Crippen LogP contribution in [0, 0.1) is 0 Å². The summed E-state index contributed by atoms with van der Waals surface area (Å²) >= 11 is 0. The average molecular weight is 524 g/mol. The Morgan fingerprint density at radius 1 is 1.03 bits per heavy atom. The second-order valence-electron chi connectivity index (χ2n) is 9.84. The van der Waals surface area contributed by atoms with E-state index in [1.807, 2.05) is 50.4 Å². The molecule has 4 rings (SSSR count). The van der Waals surface area contributed by atoms with E-state index in [1.165, 1.54) is 16.8 Å². The van der Waals surface area contributed by atoms with Crippen LogP contribution in [0.25, 0.3) is 11.3 Å². The van der Waals surface area contributed by atoms with Gasteiger partial charge in [0.15, 0.2) is 0 Å². The minimum absolute atomic E-state index is 0.0296. The highest BCUT2D eigenvalue weighted by atomic mass is 16.6. The molecule has 0 spiro atoms. The van der Waals surface area contributed by atoms with Gasteiger partial charge in [0.25, 0.3) is 5.56 Å². The van der Waals surface area contributed by atoms with E-state index in [0.29, 0.717) is 25.9 Å². The van der Waals surface area contributed by atoms with E-state index < -0.39 is 23.2 Å². The van der Waals surface area contributed by atoms with Gasteiger partial charge in [0.1, 0.15) is 17.8 Å². The Kier molecular flexibility index (Phi) is 9.33. The highest BCUT2D eigenvalue weighted by molar-refractivity contribution is 5.89. The Bertz CT molecular complexity index is 1340. The number of urea groups is 1. The molecule has 0 unspecified atom stereocenters. The lowest BCUT2D eigenvalue weighted by Crippen LogP contribution is -2.43. The lowest BCUT2D eigenvalue weighted by Gasteiger charge is -2.32. The predicted molar refractivity (Wildman–Crippen MR) is 147 cm³/mol. The van der Waals surface area contributed by atoms with Crippen LogP contribution in [0.4, 0.5) is 10.5 Å². The fraction of sp³-hybridized carbons (Fsp3) is 0.429. The fourth-order valence-electron chi connectivity index (χ4n) is 4.26. The number of benzene rings is 1. The molecule has 0 atom stereocenters. The number of aromatic amines is 1. The van der Waals surface area contributed by atoms with Crippen molar-refractivity contribution in [1.29, 1.82) is 0 Å². The van der Waals surface area contributed by atoms with Gasteiger partial charge in [0.05, 0.1) is 5.69 Å². The number of ether oxygens (including phenoxy) is 1. The number of hydrogen-bond donors (Lipinski definition) is 2. The third kappa shape index (κ3) is 7.24. The zero-order valence-corrected chi connectivity index (χ0v) is 22.7. The van der Waals surface area contributed by atoms with Gasteiger partial charge in [0.2, 0.25) is 0 Å². The van der Waals surface area contributed by atoms with E-state index in [4.69, 9.17) is 4.74 Å². The molecule has 2 N–H and O–H groups in total. The molecule has 0 saturated carbocycles. The number of esters is 1. The van der Waals surface area contributed by atoms with Crippen molar-refractivity contribution in [2.75, 3.05) is 18.4 Å². The molecule has 204 valence electrons. The second kappa shape index (κ2) is 12.4. The number of pyridine rings is 1. The van der Waals surface area contributed by atoms with Crippen LogP contribution >= 0.6 is 0 Å². The SMILES string of the molecule is CC.CC(C)(C)OC(=O)Cn1cccc(NC(=O)N2CCC(n3cc(-c4ccccc4)[nH]c3=O)CC2)c1=O. The Morgan fingerprint density at radius 3 is 2.32 bits per heavy atom. The summed E-state index contributed by atoms with van der Waals surface area (Å²) in [7, 11) is 0. The number of piperidine rings is 1. The smallest absolute Gasteiger partial charge is 0.326 e. The molecule has 1 aromatic carbocycles. The molecule has 3 aromatic rings. The van der Waals surface area contributed by atoms with Crippen LogP contribution in [0.2, 0.25) is 0 Å². The van der Waals surface area contributed by atoms with Crippen molar-refractivity contribution in [2.45, 2.75) is 65.6 Å². The van der Waals surface area contributed by atoms with E-state index in [0.717, 1.165) is 11.3 Å². The van der Waals surface area contributed by atoms with Gasteiger partial charge in [-0.2, -0.15) is 0 Å². The van der Waals surface area contributed by atoms with Gasteiger partial charge in [-0.15, -0.1) is 0 Å². The predicted octanol–water partition coefficient (Wildman–Crippen LogP) is 4.24.